The number of carbonyl (C=O) groups excluding carboxylic acids is 3. The van der Waals surface area contributed by atoms with E-state index in [4.69, 9.17) is 15.2 Å². The van der Waals surface area contributed by atoms with E-state index in [0.29, 0.717) is 70.0 Å². The van der Waals surface area contributed by atoms with Crippen molar-refractivity contribution >= 4 is 17.7 Å². The van der Waals surface area contributed by atoms with Gasteiger partial charge in [-0.1, -0.05) is 72.8 Å². The zero-order valence-corrected chi connectivity index (χ0v) is 33.3. The second-order valence-corrected chi connectivity index (χ2v) is 14.3. The highest BCUT2D eigenvalue weighted by Crippen LogP contribution is 2.33. The minimum Gasteiger partial charge on any atom is -0.489 e. The SMILES string of the molecule is CNCCC[C@@H]1NC(=O)[C@@H](NC)Cc2cc(ccc2OCc2ccccc2)-c2ccc(OCc3ccccc3)c(c2)C[C@@H](C(=O)NCCCNCCCN)NC1=O. The van der Waals surface area contributed by atoms with Crippen LogP contribution in [0.5, 0.6) is 11.5 Å². The molecule has 0 saturated carbocycles. The molecule has 0 aliphatic carbocycles. The summed E-state index contributed by atoms with van der Waals surface area (Å²) < 4.78 is 12.8. The monoisotopic (exact) mass is 777 g/mol. The molecule has 0 aromatic heterocycles. The molecule has 4 aromatic rings. The Morgan fingerprint density at radius 2 is 1.30 bits per heavy atom. The Morgan fingerprint density at radius 3 is 1.88 bits per heavy atom. The van der Waals surface area contributed by atoms with E-state index in [2.05, 4.69) is 38.0 Å². The van der Waals surface area contributed by atoms with Crippen molar-refractivity contribution in [1.82, 2.24) is 31.9 Å². The Balaban J connectivity index is 1.53. The normalized spacial score (nSPS) is 17.1. The Labute approximate surface area is 337 Å². The lowest BCUT2D eigenvalue weighted by atomic mass is 9.95. The van der Waals surface area contributed by atoms with Gasteiger partial charge in [-0.3, -0.25) is 14.4 Å². The topological polar surface area (TPSA) is 168 Å². The lowest BCUT2D eigenvalue weighted by Crippen LogP contribution is -2.57. The quantitative estimate of drug-likeness (QED) is 0.0705. The summed E-state index contributed by atoms with van der Waals surface area (Å²) in [5, 5.41) is 18.7. The first-order valence-electron chi connectivity index (χ1n) is 20.1. The number of hydrogen-bond acceptors (Lipinski definition) is 9. The van der Waals surface area contributed by atoms with Crippen molar-refractivity contribution in [3.63, 3.8) is 0 Å². The molecule has 0 radical (unpaired) electrons. The van der Waals surface area contributed by atoms with Gasteiger partial charge in [0, 0.05) is 19.4 Å². The molecule has 12 nitrogen and oxygen atoms in total. The standard InChI is InChI=1S/C45H59N7O5/c1-47-22-9-16-38-44(54)52-40(43(53)50-25-11-24-49-23-10-21-46)29-37-27-35(18-20-42(37)57-31-33-14-7-4-8-15-33)34-17-19-41(56-30-32-12-5-3-6-13-32)36(26-34)28-39(48-2)45(55)51-38/h3-8,12-15,17-20,26-27,38-40,47-49H,9-11,16,21-25,28-31,46H2,1-2H3,(H,50,53)(H,51,55)(H,52,54)/t38-,39-,40-/m0/s1. The minimum atomic E-state index is -0.949. The number of nitrogens with two attached hydrogens (primary N) is 1. The van der Waals surface area contributed by atoms with Crippen LogP contribution in [0.15, 0.2) is 97.1 Å². The molecule has 1 heterocycles. The molecule has 4 bridgehead atoms. The molecule has 5 rings (SSSR count). The van der Waals surface area contributed by atoms with Gasteiger partial charge in [0.15, 0.2) is 0 Å². The fourth-order valence-corrected chi connectivity index (χ4v) is 6.76. The summed E-state index contributed by atoms with van der Waals surface area (Å²) in [6, 6.07) is 29.3. The van der Waals surface area contributed by atoms with Crippen molar-refractivity contribution in [1.29, 1.82) is 0 Å². The second-order valence-electron chi connectivity index (χ2n) is 14.3. The van der Waals surface area contributed by atoms with E-state index in [1.165, 1.54) is 0 Å². The third-order valence-corrected chi connectivity index (χ3v) is 10.0. The molecule has 0 fully saturated rings. The van der Waals surface area contributed by atoms with Gasteiger partial charge in [-0.25, -0.2) is 0 Å². The van der Waals surface area contributed by atoms with E-state index in [1.807, 2.05) is 98.0 Å². The highest BCUT2D eigenvalue weighted by atomic mass is 16.5. The summed E-state index contributed by atoms with van der Waals surface area (Å²) in [7, 11) is 3.58. The van der Waals surface area contributed by atoms with E-state index in [9.17, 15) is 14.4 Å². The van der Waals surface area contributed by atoms with Crippen LogP contribution in [0.25, 0.3) is 11.1 Å². The van der Waals surface area contributed by atoms with Gasteiger partial charge >= 0.3 is 0 Å². The fraction of sp³-hybridized carbons (Fsp3) is 0.400. The van der Waals surface area contributed by atoms with Crippen molar-refractivity contribution < 1.29 is 23.9 Å². The van der Waals surface area contributed by atoms with Crippen LogP contribution in [0.4, 0.5) is 0 Å². The van der Waals surface area contributed by atoms with Gasteiger partial charge in [0.25, 0.3) is 0 Å². The van der Waals surface area contributed by atoms with E-state index in [-0.39, 0.29) is 18.2 Å². The molecule has 1 aliphatic rings. The molecule has 4 aromatic carbocycles. The van der Waals surface area contributed by atoms with Crippen molar-refractivity contribution in [3.05, 3.63) is 119 Å². The lowest BCUT2D eigenvalue weighted by Gasteiger charge is -2.26. The molecule has 3 atom stereocenters. The number of hydrogen-bond donors (Lipinski definition) is 7. The number of benzene rings is 4. The predicted octanol–water partition coefficient (Wildman–Crippen LogP) is 3.61. The highest BCUT2D eigenvalue weighted by molar-refractivity contribution is 5.93. The molecule has 8 N–H and O–H groups in total. The summed E-state index contributed by atoms with van der Waals surface area (Å²) >= 11 is 0. The van der Waals surface area contributed by atoms with Gasteiger partial charge in [0.1, 0.15) is 36.8 Å². The fourth-order valence-electron chi connectivity index (χ4n) is 6.76. The average molecular weight is 778 g/mol. The van der Waals surface area contributed by atoms with E-state index >= 15 is 0 Å². The molecular formula is C45H59N7O5. The van der Waals surface area contributed by atoms with Crippen LogP contribution in [0.2, 0.25) is 0 Å². The van der Waals surface area contributed by atoms with Crippen LogP contribution in [0.3, 0.4) is 0 Å². The van der Waals surface area contributed by atoms with Gasteiger partial charge in [0.2, 0.25) is 17.7 Å². The van der Waals surface area contributed by atoms with Gasteiger partial charge in [0.05, 0.1) is 6.04 Å². The van der Waals surface area contributed by atoms with Crippen molar-refractivity contribution in [2.45, 2.75) is 69.9 Å². The van der Waals surface area contributed by atoms with Crippen LogP contribution in [0, 0.1) is 0 Å². The Bertz CT molecular complexity index is 1860. The number of likely N-dealkylation sites (N-methyl/N-ethyl adjacent to an activating group) is 1. The van der Waals surface area contributed by atoms with Gasteiger partial charge in [-0.2, -0.15) is 0 Å². The molecule has 1 aliphatic heterocycles. The zero-order chi connectivity index (χ0) is 40.2. The zero-order valence-electron chi connectivity index (χ0n) is 33.3. The maximum atomic E-state index is 14.2. The Morgan fingerprint density at radius 1 is 0.702 bits per heavy atom. The maximum Gasteiger partial charge on any atom is 0.243 e. The van der Waals surface area contributed by atoms with E-state index < -0.39 is 24.0 Å². The third kappa shape index (κ3) is 13.4. The minimum absolute atomic E-state index is 0.158. The van der Waals surface area contributed by atoms with Crippen molar-refractivity contribution in [2.75, 3.05) is 46.8 Å². The third-order valence-electron chi connectivity index (χ3n) is 10.0. The van der Waals surface area contributed by atoms with Crippen LogP contribution in [-0.2, 0) is 40.4 Å². The Kier molecular flexibility index (Phi) is 17.4. The molecule has 0 unspecified atom stereocenters. The van der Waals surface area contributed by atoms with E-state index in [1.54, 1.807) is 7.05 Å². The summed E-state index contributed by atoms with van der Waals surface area (Å²) in [6.07, 6.45) is 3.06. The number of fused-ring (bicyclic) bond motifs is 5. The number of rotatable bonds is 19. The number of carbonyl (C=O) groups is 3. The number of nitrogens with one attached hydrogen (secondary N) is 6. The highest BCUT2D eigenvalue weighted by Gasteiger charge is 2.30. The van der Waals surface area contributed by atoms with Crippen LogP contribution in [0.1, 0.15) is 47.9 Å². The maximum absolute atomic E-state index is 14.2. The van der Waals surface area contributed by atoms with Gasteiger partial charge in [-0.05, 0) is 124 Å². The lowest BCUT2D eigenvalue weighted by molar-refractivity contribution is -0.132. The van der Waals surface area contributed by atoms with Crippen LogP contribution in [-0.4, -0.2) is 82.7 Å². The van der Waals surface area contributed by atoms with Crippen molar-refractivity contribution in [2.24, 2.45) is 5.73 Å². The largest absolute Gasteiger partial charge is 0.489 e. The first-order valence-corrected chi connectivity index (χ1v) is 20.1. The molecule has 12 heteroatoms. The molecule has 3 amide bonds. The molecule has 304 valence electrons. The van der Waals surface area contributed by atoms with Gasteiger partial charge in [-0.15, -0.1) is 0 Å². The second kappa shape index (κ2) is 23.1. The molecule has 0 saturated heterocycles. The Hall–Kier alpha value is -5.27. The smallest absolute Gasteiger partial charge is 0.243 e. The first-order chi connectivity index (χ1) is 27.9. The molecular weight excluding hydrogens is 719 g/mol. The van der Waals surface area contributed by atoms with Crippen molar-refractivity contribution in [3.8, 4) is 22.6 Å². The number of amides is 3. The van der Waals surface area contributed by atoms with E-state index in [0.717, 1.165) is 52.9 Å². The van der Waals surface area contributed by atoms with Crippen LogP contribution >= 0.6 is 0 Å². The summed E-state index contributed by atoms with van der Waals surface area (Å²) in [5.74, 6) is 0.210. The summed E-state index contributed by atoms with van der Waals surface area (Å²) in [4.78, 5) is 42.2. The van der Waals surface area contributed by atoms with Gasteiger partial charge < -0.3 is 47.1 Å². The van der Waals surface area contributed by atoms with Crippen LogP contribution < -0.4 is 47.1 Å². The summed E-state index contributed by atoms with van der Waals surface area (Å²) in [6.45, 7) is 3.92. The average Bonchev–Trinajstić information content (AvgIpc) is 3.24. The molecule has 0 spiro atoms. The summed E-state index contributed by atoms with van der Waals surface area (Å²) in [5.41, 5.74) is 11.0. The predicted molar refractivity (Wildman–Crippen MR) is 225 cm³/mol. The molecule has 57 heavy (non-hydrogen) atoms. The first kappa shape index (κ1) is 42.9. The number of ether oxygens (including phenoxy) is 2.